The van der Waals surface area contributed by atoms with E-state index in [9.17, 15) is 9.59 Å². The smallest absolute Gasteiger partial charge is 0.326 e. The first kappa shape index (κ1) is 17.0. The largest absolute Gasteiger partial charge is 0.465 e. The van der Waals surface area contributed by atoms with Crippen LogP contribution in [0.3, 0.4) is 0 Å². The fraction of sp³-hybridized carbons (Fsp3) is 0.158. The second kappa shape index (κ2) is 7.40. The van der Waals surface area contributed by atoms with Crippen LogP contribution in [0.4, 0.5) is 5.69 Å². The monoisotopic (exact) mass is 357 g/mol. The Morgan fingerprint density at radius 1 is 1.24 bits per heavy atom. The molecular weight excluding hydrogens is 342 g/mol. The van der Waals surface area contributed by atoms with Crippen LogP contribution in [0, 0.1) is 0 Å². The number of carbonyl (C=O) groups excluding carboxylic acids is 2. The zero-order valence-electron chi connectivity index (χ0n) is 13.6. The third-order valence-electron chi connectivity index (χ3n) is 3.57. The van der Waals surface area contributed by atoms with E-state index in [1.165, 1.54) is 4.90 Å². The maximum atomic E-state index is 12.8. The Labute approximate surface area is 150 Å². The van der Waals surface area contributed by atoms with Crippen LogP contribution in [0.2, 0.25) is 5.02 Å². The summed E-state index contributed by atoms with van der Waals surface area (Å²) in [6.07, 6.45) is 1.60. The summed E-state index contributed by atoms with van der Waals surface area (Å²) in [5, 5.41) is 0.557. The second-order valence-electron chi connectivity index (χ2n) is 5.33. The molecule has 1 aliphatic rings. The highest BCUT2D eigenvalue weighted by Crippen LogP contribution is 2.35. The quantitative estimate of drug-likeness (QED) is 0.619. The number of benzene rings is 2. The van der Waals surface area contributed by atoms with Crippen molar-refractivity contribution in [3.8, 4) is 5.75 Å². The Morgan fingerprint density at radius 2 is 2.04 bits per heavy atom. The first-order valence-corrected chi connectivity index (χ1v) is 8.18. The summed E-state index contributed by atoms with van der Waals surface area (Å²) in [7, 11) is 0. The fourth-order valence-electron chi connectivity index (χ4n) is 2.50. The molecular formula is C19H16ClNO4. The van der Waals surface area contributed by atoms with E-state index in [-0.39, 0.29) is 18.9 Å². The number of hydrogen-bond acceptors (Lipinski definition) is 4. The fourth-order valence-corrected chi connectivity index (χ4v) is 2.70. The molecule has 0 radical (unpaired) electrons. The lowest BCUT2D eigenvalue weighted by Gasteiger charge is -2.29. The summed E-state index contributed by atoms with van der Waals surface area (Å²) in [5.41, 5.74) is 1.26. The van der Waals surface area contributed by atoms with Crippen molar-refractivity contribution >= 4 is 35.2 Å². The lowest BCUT2D eigenvalue weighted by atomic mass is 10.1. The molecule has 25 heavy (non-hydrogen) atoms. The van der Waals surface area contributed by atoms with Crippen LogP contribution in [0.5, 0.6) is 5.75 Å². The molecule has 0 aliphatic carbocycles. The second-order valence-corrected chi connectivity index (χ2v) is 5.77. The third-order valence-corrected chi connectivity index (χ3v) is 3.81. The van der Waals surface area contributed by atoms with Crippen LogP contribution in [0.25, 0.3) is 6.08 Å². The number of nitrogens with zero attached hydrogens (tertiary/aromatic N) is 1. The first-order chi connectivity index (χ1) is 12.1. The van der Waals surface area contributed by atoms with Crippen molar-refractivity contribution in [2.24, 2.45) is 0 Å². The van der Waals surface area contributed by atoms with Crippen LogP contribution in [0.1, 0.15) is 12.5 Å². The van der Waals surface area contributed by atoms with E-state index in [4.69, 9.17) is 21.1 Å². The van der Waals surface area contributed by atoms with Gasteiger partial charge in [-0.1, -0.05) is 35.9 Å². The molecule has 3 rings (SSSR count). The van der Waals surface area contributed by atoms with Crippen molar-refractivity contribution in [1.29, 1.82) is 0 Å². The number of ether oxygens (including phenoxy) is 2. The Kier molecular flexibility index (Phi) is 5.05. The van der Waals surface area contributed by atoms with Gasteiger partial charge in [-0.25, -0.2) is 0 Å². The summed E-state index contributed by atoms with van der Waals surface area (Å²) in [6, 6.07) is 14.1. The number of carbonyl (C=O) groups is 2. The van der Waals surface area contributed by atoms with E-state index in [1.807, 2.05) is 6.07 Å². The number of amides is 1. The summed E-state index contributed by atoms with van der Waals surface area (Å²) in [5.74, 6) is -0.272. The van der Waals surface area contributed by atoms with Gasteiger partial charge in [-0.15, -0.1) is 0 Å². The van der Waals surface area contributed by atoms with E-state index >= 15 is 0 Å². The molecule has 0 fully saturated rings. The number of halogens is 1. The predicted molar refractivity (Wildman–Crippen MR) is 95.5 cm³/mol. The van der Waals surface area contributed by atoms with Crippen molar-refractivity contribution < 1.29 is 19.1 Å². The first-order valence-electron chi connectivity index (χ1n) is 7.80. The number of esters is 1. The van der Waals surface area contributed by atoms with Crippen molar-refractivity contribution in [2.45, 2.75) is 6.92 Å². The van der Waals surface area contributed by atoms with E-state index in [0.29, 0.717) is 16.5 Å². The highest BCUT2D eigenvalue weighted by Gasteiger charge is 2.31. The van der Waals surface area contributed by atoms with Crippen LogP contribution in [-0.4, -0.2) is 25.0 Å². The molecule has 1 heterocycles. The van der Waals surface area contributed by atoms with Gasteiger partial charge in [0.25, 0.3) is 5.91 Å². The number of para-hydroxylation sites is 2. The number of rotatable bonds is 4. The van der Waals surface area contributed by atoms with Crippen molar-refractivity contribution in [3.63, 3.8) is 0 Å². The standard InChI is InChI=1S/C19H16ClNO4/c1-2-24-18(22)12-21-15-8-3-4-9-16(15)25-17(19(21)23)11-13-6-5-7-14(20)10-13/h3-11H,2,12H2,1H3. The maximum Gasteiger partial charge on any atom is 0.326 e. The number of anilines is 1. The van der Waals surface area contributed by atoms with Crippen LogP contribution >= 0.6 is 11.6 Å². The Bertz CT molecular complexity index is 847. The molecule has 1 aliphatic heterocycles. The van der Waals surface area contributed by atoms with Crippen molar-refractivity contribution in [1.82, 2.24) is 0 Å². The van der Waals surface area contributed by atoms with Gasteiger partial charge in [0.1, 0.15) is 6.54 Å². The minimum absolute atomic E-state index is 0.116. The topological polar surface area (TPSA) is 55.8 Å². The molecule has 1 amide bonds. The zero-order valence-corrected chi connectivity index (χ0v) is 14.3. The summed E-state index contributed by atoms with van der Waals surface area (Å²) in [4.78, 5) is 26.0. The van der Waals surface area contributed by atoms with Gasteiger partial charge in [0.2, 0.25) is 0 Å². The normalized spacial score (nSPS) is 14.9. The molecule has 6 heteroatoms. The highest BCUT2D eigenvalue weighted by molar-refractivity contribution is 6.30. The molecule has 2 aromatic carbocycles. The Hall–Kier alpha value is -2.79. The van der Waals surface area contributed by atoms with E-state index in [0.717, 1.165) is 5.56 Å². The van der Waals surface area contributed by atoms with E-state index in [1.54, 1.807) is 55.5 Å². The summed E-state index contributed by atoms with van der Waals surface area (Å²) in [6.45, 7) is 1.79. The zero-order chi connectivity index (χ0) is 17.8. The van der Waals surface area contributed by atoms with Crippen LogP contribution in [-0.2, 0) is 14.3 Å². The number of fused-ring (bicyclic) bond motifs is 1. The van der Waals surface area contributed by atoms with E-state index < -0.39 is 11.9 Å². The van der Waals surface area contributed by atoms with Gasteiger partial charge in [-0.3, -0.25) is 14.5 Å². The molecule has 0 saturated heterocycles. The molecule has 0 aromatic heterocycles. The van der Waals surface area contributed by atoms with Crippen LogP contribution < -0.4 is 9.64 Å². The minimum Gasteiger partial charge on any atom is -0.465 e. The summed E-state index contributed by atoms with van der Waals surface area (Å²) < 4.78 is 10.7. The average Bonchev–Trinajstić information content (AvgIpc) is 2.59. The van der Waals surface area contributed by atoms with E-state index in [2.05, 4.69) is 0 Å². The van der Waals surface area contributed by atoms with Gasteiger partial charge < -0.3 is 9.47 Å². The summed E-state index contributed by atoms with van der Waals surface area (Å²) >= 11 is 5.99. The average molecular weight is 358 g/mol. The predicted octanol–water partition coefficient (Wildman–Crippen LogP) is 3.67. The van der Waals surface area contributed by atoms with Gasteiger partial charge in [0.15, 0.2) is 11.5 Å². The molecule has 5 nitrogen and oxygen atoms in total. The SMILES string of the molecule is CCOC(=O)CN1C(=O)C(=Cc2cccc(Cl)c2)Oc2ccccc21. The lowest BCUT2D eigenvalue weighted by Crippen LogP contribution is -2.41. The van der Waals surface area contributed by atoms with Crippen molar-refractivity contribution in [2.75, 3.05) is 18.1 Å². The lowest BCUT2D eigenvalue weighted by molar-refractivity contribution is -0.142. The van der Waals surface area contributed by atoms with Crippen LogP contribution in [0.15, 0.2) is 54.3 Å². The van der Waals surface area contributed by atoms with Crippen molar-refractivity contribution in [3.05, 3.63) is 64.9 Å². The molecule has 0 N–H and O–H groups in total. The van der Waals surface area contributed by atoms with Gasteiger partial charge in [0.05, 0.1) is 12.3 Å². The molecule has 0 unspecified atom stereocenters. The molecule has 0 saturated carbocycles. The molecule has 0 bridgehead atoms. The van der Waals surface area contributed by atoms with Gasteiger partial charge in [-0.2, -0.15) is 0 Å². The molecule has 128 valence electrons. The maximum absolute atomic E-state index is 12.8. The highest BCUT2D eigenvalue weighted by atomic mass is 35.5. The Balaban J connectivity index is 1.97. The Morgan fingerprint density at radius 3 is 2.80 bits per heavy atom. The molecule has 0 spiro atoms. The van der Waals surface area contributed by atoms with Gasteiger partial charge in [-0.05, 0) is 42.8 Å². The minimum atomic E-state index is -0.477. The third kappa shape index (κ3) is 3.83. The number of hydrogen-bond donors (Lipinski definition) is 0. The van der Waals surface area contributed by atoms with Gasteiger partial charge in [0, 0.05) is 5.02 Å². The molecule has 2 aromatic rings. The molecule has 0 atom stereocenters. The van der Waals surface area contributed by atoms with Gasteiger partial charge >= 0.3 is 5.97 Å².